The van der Waals surface area contributed by atoms with E-state index in [2.05, 4.69) is 45.9 Å². The summed E-state index contributed by atoms with van der Waals surface area (Å²) in [5, 5.41) is 0. The van der Waals surface area contributed by atoms with E-state index >= 15 is 0 Å². The van der Waals surface area contributed by atoms with Crippen molar-refractivity contribution in [1.82, 2.24) is 0 Å². The predicted molar refractivity (Wildman–Crippen MR) is 93.8 cm³/mol. The third-order valence-corrected chi connectivity index (χ3v) is 4.00. The number of hydrogen-bond donors (Lipinski definition) is 0. The molecule has 0 aromatic heterocycles. The molecule has 0 radical (unpaired) electrons. The summed E-state index contributed by atoms with van der Waals surface area (Å²) < 4.78 is 0. The van der Waals surface area contributed by atoms with Gasteiger partial charge in [0.1, 0.15) is 0 Å². The molecule has 0 aliphatic heterocycles. The van der Waals surface area contributed by atoms with E-state index in [1.165, 1.54) is 11.1 Å². The molecule has 0 aliphatic carbocycles. The lowest BCUT2D eigenvalue weighted by atomic mass is 9.92. The Morgan fingerprint density at radius 3 is 1.77 bits per heavy atom. The van der Waals surface area contributed by atoms with Crippen LogP contribution in [0, 0.1) is 0 Å². The van der Waals surface area contributed by atoms with Crippen LogP contribution in [0.3, 0.4) is 0 Å². The van der Waals surface area contributed by atoms with Gasteiger partial charge in [0.05, 0.1) is 5.69 Å². The van der Waals surface area contributed by atoms with Gasteiger partial charge in [-0.15, -0.1) is 0 Å². The lowest BCUT2D eigenvalue weighted by molar-refractivity contribution is 0.0992. The van der Waals surface area contributed by atoms with Crippen molar-refractivity contribution in [2.75, 3.05) is 11.9 Å². The molecule has 2 aromatic carbocycles. The van der Waals surface area contributed by atoms with Crippen LogP contribution in [0.1, 0.15) is 61.0 Å². The van der Waals surface area contributed by atoms with Crippen molar-refractivity contribution < 1.29 is 4.79 Å². The molecule has 0 heterocycles. The maximum absolute atomic E-state index is 12.8. The van der Waals surface area contributed by atoms with E-state index in [-0.39, 0.29) is 5.91 Å². The molecule has 0 bridgehead atoms. The largest absolute Gasteiger partial charge is 0.311 e. The summed E-state index contributed by atoms with van der Waals surface area (Å²) >= 11 is 0. The number of rotatable bonds is 4. The molecule has 2 heteroatoms. The van der Waals surface area contributed by atoms with Crippen molar-refractivity contribution in [1.29, 1.82) is 0 Å². The Hall–Kier alpha value is -2.09. The molecule has 116 valence electrons. The highest BCUT2D eigenvalue weighted by Crippen LogP contribution is 2.35. The van der Waals surface area contributed by atoms with Gasteiger partial charge >= 0.3 is 0 Å². The fraction of sp³-hybridized carbons (Fsp3) is 0.350. The van der Waals surface area contributed by atoms with E-state index in [1.54, 1.807) is 4.90 Å². The van der Waals surface area contributed by atoms with Gasteiger partial charge in [-0.05, 0) is 35.1 Å². The lowest BCUT2D eigenvalue weighted by Gasteiger charge is -2.27. The van der Waals surface area contributed by atoms with E-state index in [0.29, 0.717) is 11.8 Å². The van der Waals surface area contributed by atoms with E-state index in [9.17, 15) is 4.79 Å². The van der Waals surface area contributed by atoms with Gasteiger partial charge in [-0.3, -0.25) is 4.79 Å². The number of nitrogens with zero attached hydrogens (tertiary/aromatic N) is 1. The lowest BCUT2D eigenvalue weighted by Crippen LogP contribution is -2.28. The van der Waals surface area contributed by atoms with Crippen molar-refractivity contribution in [3.05, 3.63) is 65.2 Å². The maximum Gasteiger partial charge on any atom is 0.258 e. The van der Waals surface area contributed by atoms with Gasteiger partial charge in [0.25, 0.3) is 5.91 Å². The first-order valence-corrected chi connectivity index (χ1v) is 7.89. The normalized spacial score (nSPS) is 11.0. The summed E-state index contributed by atoms with van der Waals surface area (Å²) in [6.07, 6.45) is 0. The molecule has 2 rings (SSSR count). The van der Waals surface area contributed by atoms with Gasteiger partial charge in [0, 0.05) is 12.6 Å². The summed E-state index contributed by atoms with van der Waals surface area (Å²) in [5.41, 5.74) is 4.22. The van der Waals surface area contributed by atoms with Crippen LogP contribution >= 0.6 is 0 Å². The minimum Gasteiger partial charge on any atom is -0.311 e. The quantitative estimate of drug-likeness (QED) is 0.758. The summed E-state index contributed by atoms with van der Waals surface area (Å²) in [7, 11) is 1.88. The summed E-state index contributed by atoms with van der Waals surface area (Å²) in [5.74, 6) is 0.787. The standard InChI is InChI=1S/C20H25NO/c1-14(2)17-12-9-13-18(15(3)4)19(17)21(5)20(22)16-10-7-6-8-11-16/h6-15H,1-5H3. The van der Waals surface area contributed by atoms with Crippen LogP contribution in [-0.4, -0.2) is 13.0 Å². The van der Waals surface area contributed by atoms with Crippen LogP contribution in [0.5, 0.6) is 0 Å². The SMILES string of the molecule is CC(C)c1cccc(C(C)C)c1N(C)C(=O)c1ccccc1. The predicted octanol–water partition coefficient (Wildman–Crippen LogP) is 5.21. The molecule has 0 atom stereocenters. The molecule has 0 saturated heterocycles. The number of carbonyl (C=O) groups is 1. The second-order valence-electron chi connectivity index (χ2n) is 6.32. The van der Waals surface area contributed by atoms with Crippen LogP contribution in [0.15, 0.2) is 48.5 Å². The Labute approximate surface area is 133 Å². The van der Waals surface area contributed by atoms with E-state index in [4.69, 9.17) is 0 Å². The molecule has 2 aromatic rings. The molecular weight excluding hydrogens is 270 g/mol. The molecule has 0 spiro atoms. The molecule has 0 aliphatic rings. The van der Waals surface area contributed by atoms with Gasteiger partial charge in [0.15, 0.2) is 0 Å². The first-order valence-electron chi connectivity index (χ1n) is 7.89. The number of anilines is 1. The second-order valence-corrected chi connectivity index (χ2v) is 6.32. The van der Waals surface area contributed by atoms with Crippen molar-refractivity contribution in [2.24, 2.45) is 0 Å². The number of hydrogen-bond acceptors (Lipinski definition) is 1. The fourth-order valence-electron chi connectivity index (χ4n) is 2.77. The van der Waals surface area contributed by atoms with Crippen molar-refractivity contribution >= 4 is 11.6 Å². The van der Waals surface area contributed by atoms with Crippen molar-refractivity contribution in [3.8, 4) is 0 Å². The zero-order valence-electron chi connectivity index (χ0n) is 14.1. The summed E-state index contributed by atoms with van der Waals surface area (Å²) in [6, 6.07) is 15.8. The zero-order valence-corrected chi connectivity index (χ0v) is 14.1. The smallest absolute Gasteiger partial charge is 0.258 e. The van der Waals surface area contributed by atoms with E-state index in [0.717, 1.165) is 11.3 Å². The van der Waals surface area contributed by atoms with Crippen LogP contribution in [0.2, 0.25) is 0 Å². The van der Waals surface area contributed by atoms with Gasteiger partial charge < -0.3 is 4.90 Å². The first kappa shape index (κ1) is 16.3. The number of benzene rings is 2. The Balaban J connectivity index is 2.52. The second kappa shape index (κ2) is 6.78. The molecule has 0 N–H and O–H groups in total. The third-order valence-electron chi connectivity index (χ3n) is 4.00. The van der Waals surface area contributed by atoms with Crippen molar-refractivity contribution in [3.63, 3.8) is 0 Å². The van der Waals surface area contributed by atoms with Crippen molar-refractivity contribution in [2.45, 2.75) is 39.5 Å². The number of para-hydroxylation sites is 1. The van der Waals surface area contributed by atoms with Crippen LogP contribution in [0.4, 0.5) is 5.69 Å². The Kier molecular flexibility index (Phi) is 5.02. The molecule has 0 fully saturated rings. The fourth-order valence-corrected chi connectivity index (χ4v) is 2.77. The topological polar surface area (TPSA) is 20.3 Å². The summed E-state index contributed by atoms with van der Waals surface area (Å²) in [6.45, 7) is 8.68. The Bertz CT molecular complexity index is 618. The highest BCUT2D eigenvalue weighted by molar-refractivity contribution is 6.06. The van der Waals surface area contributed by atoms with E-state index in [1.807, 2.05) is 37.4 Å². The zero-order chi connectivity index (χ0) is 16.3. The summed E-state index contributed by atoms with van der Waals surface area (Å²) in [4.78, 5) is 14.6. The molecule has 0 saturated carbocycles. The van der Waals surface area contributed by atoms with Gasteiger partial charge in [-0.1, -0.05) is 64.1 Å². The minimum absolute atomic E-state index is 0.0376. The molecule has 2 nitrogen and oxygen atoms in total. The molecule has 0 unspecified atom stereocenters. The minimum atomic E-state index is 0.0376. The number of carbonyl (C=O) groups excluding carboxylic acids is 1. The highest BCUT2D eigenvalue weighted by atomic mass is 16.2. The van der Waals surface area contributed by atoms with Crippen LogP contribution in [-0.2, 0) is 0 Å². The number of amides is 1. The molecule has 1 amide bonds. The van der Waals surface area contributed by atoms with Crippen LogP contribution < -0.4 is 4.90 Å². The van der Waals surface area contributed by atoms with E-state index < -0.39 is 0 Å². The average molecular weight is 295 g/mol. The first-order chi connectivity index (χ1) is 10.4. The Morgan fingerprint density at radius 1 is 0.818 bits per heavy atom. The van der Waals surface area contributed by atoms with Gasteiger partial charge in [0.2, 0.25) is 0 Å². The molecule has 22 heavy (non-hydrogen) atoms. The van der Waals surface area contributed by atoms with Crippen LogP contribution in [0.25, 0.3) is 0 Å². The maximum atomic E-state index is 12.8. The van der Waals surface area contributed by atoms with Gasteiger partial charge in [-0.2, -0.15) is 0 Å². The average Bonchev–Trinajstić information content (AvgIpc) is 2.53. The Morgan fingerprint density at radius 2 is 1.32 bits per heavy atom. The monoisotopic (exact) mass is 295 g/mol. The third kappa shape index (κ3) is 3.22. The van der Waals surface area contributed by atoms with Gasteiger partial charge in [-0.25, -0.2) is 0 Å². The molecular formula is C20H25NO. The highest BCUT2D eigenvalue weighted by Gasteiger charge is 2.21.